The molecule has 0 spiro atoms. The zero-order chi connectivity index (χ0) is 20.8. The molecule has 0 radical (unpaired) electrons. The van der Waals surface area contributed by atoms with Crippen LogP contribution in [0.3, 0.4) is 0 Å². The number of aryl methyl sites for hydroxylation is 1. The number of carbonyl (C=O) groups is 3. The molecule has 6 nitrogen and oxygen atoms in total. The van der Waals surface area contributed by atoms with Crippen LogP contribution < -0.4 is 0 Å². The van der Waals surface area contributed by atoms with Crippen molar-refractivity contribution < 1.29 is 23.9 Å². The minimum atomic E-state index is -0.871. The highest BCUT2D eigenvalue weighted by atomic mass is 16.5. The number of benzene rings is 1. The van der Waals surface area contributed by atoms with Crippen molar-refractivity contribution in [2.24, 2.45) is 5.92 Å². The first kappa shape index (κ1) is 21.4. The largest absolute Gasteiger partial charge is 0.467 e. The molecule has 0 fully saturated rings. The molecule has 1 aromatic heterocycles. The Morgan fingerprint density at radius 2 is 1.61 bits per heavy atom. The topological polar surface area (TPSA) is 74.6 Å². The smallest absolute Gasteiger partial charge is 0.374 e. The summed E-state index contributed by atoms with van der Waals surface area (Å²) in [6, 6.07) is 12.7. The van der Waals surface area contributed by atoms with Crippen molar-refractivity contribution in [2.75, 3.05) is 14.2 Å². The molecule has 0 aliphatic carbocycles. The van der Waals surface area contributed by atoms with Gasteiger partial charge in [0.2, 0.25) is 5.78 Å². The second kappa shape index (κ2) is 9.35. The molecule has 0 aliphatic heterocycles. The van der Waals surface area contributed by atoms with Crippen LogP contribution in [-0.4, -0.2) is 36.5 Å². The summed E-state index contributed by atoms with van der Waals surface area (Å²) < 4.78 is 11.5. The minimum Gasteiger partial charge on any atom is -0.467 e. The van der Waals surface area contributed by atoms with E-state index in [9.17, 15) is 14.4 Å². The average Bonchev–Trinajstić information content (AvgIpc) is 3.06. The van der Waals surface area contributed by atoms with Crippen LogP contribution in [0.2, 0.25) is 0 Å². The maximum absolute atomic E-state index is 12.5. The summed E-state index contributed by atoms with van der Waals surface area (Å²) >= 11 is 0. The van der Waals surface area contributed by atoms with Crippen molar-refractivity contribution in [1.82, 2.24) is 4.57 Å². The summed E-state index contributed by atoms with van der Waals surface area (Å²) in [4.78, 5) is 36.6. The Morgan fingerprint density at radius 1 is 0.964 bits per heavy atom. The molecule has 150 valence electrons. The van der Waals surface area contributed by atoms with Crippen LogP contribution in [0.25, 0.3) is 0 Å². The van der Waals surface area contributed by atoms with Crippen molar-refractivity contribution in [3.05, 3.63) is 59.4 Å². The van der Waals surface area contributed by atoms with E-state index in [1.807, 2.05) is 67.8 Å². The van der Waals surface area contributed by atoms with Gasteiger partial charge in [0.05, 0.1) is 14.2 Å². The molecule has 2 atom stereocenters. The van der Waals surface area contributed by atoms with Gasteiger partial charge in [0.1, 0.15) is 6.04 Å². The monoisotopic (exact) mass is 385 g/mol. The third-order valence-corrected chi connectivity index (χ3v) is 4.87. The molecule has 0 unspecified atom stereocenters. The highest BCUT2D eigenvalue weighted by molar-refractivity contribution is 6.33. The predicted molar refractivity (Wildman–Crippen MR) is 105 cm³/mol. The average molecular weight is 385 g/mol. The number of hydrogen-bond acceptors (Lipinski definition) is 5. The van der Waals surface area contributed by atoms with Gasteiger partial charge >= 0.3 is 11.9 Å². The Morgan fingerprint density at radius 3 is 2.14 bits per heavy atom. The van der Waals surface area contributed by atoms with Crippen LogP contribution in [0.1, 0.15) is 49.2 Å². The lowest BCUT2D eigenvalue weighted by Gasteiger charge is -2.28. The second-order valence-electron chi connectivity index (χ2n) is 7.06. The number of ether oxygens (including phenoxy) is 2. The number of carbonyl (C=O) groups excluding carboxylic acids is 3. The molecular weight excluding hydrogens is 358 g/mol. The third-order valence-electron chi connectivity index (χ3n) is 4.87. The molecule has 1 heterocycles. The molecule has 1 aromatic carbocycles. The fraction of sp³-hybridized carbons (Fsp3) is 0.409. The van der Waals surface area contributed by atoms with E-state index >= 15 is 0 Å². The lowest BCUT2D eigenvalue weighted by molar-refractivity contribution is -0.151. The quantitative estimate of drug-likeness (QED) is 0.514. The van der Waals surface area contributed by atoms with Crippen molar-refractivity contribution in [1.29, 1.82) is 0 Å². The Kier molecular flexibility index (Phi) is 7.15. The Hall–Kier alpha value is -2.89. The number of esters is 2. The van der Waals surface area contributed by atoms with Crippen LogP contribution in [0, 0.1) is 12.8 Å². The van der Waals surface area contributed by atoms with Gasteiger partial charge < -0.3 is 14.0 Å². The zero-order valence-electron chi connectivity index (χ0n) is 17.0. The summed E-state index contributed by atoms with van der Waals surface area (Å²) in [5, 5.41) is 0. The van der Waals surface area contributed by atoms with Gasteiger partial charge in [-0.25, -0.2) is 9.59 Å². The number of rotatable bonds is 8. The van der Waals surface area contributed by atoms with Gasteiger partial charge in [-0.15, -0.1) is 0 Å². The van der Waals surface area contributed by atoms with Crippen LogP contribution >= 0.6 is 0 Å². The van der Waals surface area contributed by atoms with Crippen molar-refractivity contribution in [2.45, 2.75) is 39.2 Å². The molecular formula is C22H27NO5. The van der Waals surface area contributed by atoms with E-state index in [1.54, 1.807) is 0 Å². The summed E-state index contributed by atoms with van der Waals surface area (Å²) in [5.74, 6) is -2.25. The molecule has 28 heavy (non-hydrogen) atoms. The van der Waals surface area contributed by atoms with E-state index in [2.05, 4.69) is 4.74 Å². The van der Waals surface area contributed by atoms with Gasteiger partial charge in [0.25, 0.3) is 0 Å². The summed E-state index contributed by atoms with van der Waals surface area (Å²) in [6.07, 6.45) is -0.0495. The summed E-state index contributed by atoms with van der Waals surface area (Å²) in [5.41, 5.74) is 2.54. The number of aromatic nitrogens is 1. The molecule has 0 amide bonds. The van der Waals surface area contributed by atoms with E-state index in [0.717, 1.165) is 17.0 Å². The van der Waals surface area contributed by atoms with E-state index in [1.165, 1.54) is 14.2 Å². The number of hydrogen-bond donors (Lipinski definition) is 0. The van der Waals surface area contributed by atoms with E-state index in [0.29, 0.717) is 0 Å². The normalized spacial score (nSPS) is 13.1. The first-order chi connectivity index (χ1) is 13.3. The molecule has 0 N–H and O–H groups in total. The van der Waals surface area contributed by atoms with Crippen molar-refractivity contribution >= 4 is 17.7 Å². The standard InChI is InChI=1S/C22H27NO5/c1-14(2)20(22(26)28-5)23-15(3)11-12-18(23)17(13-19(24)21(25)27-4)16-9-7-6-8-10-16/h6-12,14,17,20H,13H2,1-5H3/t17-,20+/m0/s1. The van der Waals surface area contributed by atoms with Crippen LogP contribution in [0.4, 0.5) is 0 Å². The first-order valence-electron chi connectivity index (χ1n) is 9.23. The first-order valence-corrected chi connectivity index (χ1v) is 9.23. The maximum Gasteiger partial charge on any atom is 0.374 e. The van der Waals surface area contributed by atoms with Crippen molar-refractivity contribution in [3.63, 3.8) is 0 Å². The van der Waals surface area contributed by atoms with Crippen LogP contribution in [-0.2, 0) is 23.9 Å². The predicted octanol–water partition coefficient (Wildman–Crippen LogP) is 3.43. The highest BCUT2D eigenvalue weighted by Crippen LogP contribution is 2.34. The molecule has 0 bridgehead atoms. The van der Waals surface area contributed by atoms with Crippen LogP contribution in [0.5, 0.6) is 0 Å². The summed E-state index contributed by atoms with van der Waals surface area (Å²) in [6.45, 7) is 5.80. The molecule has 2 aromatic rings. The maximum atomic E-state index is 12.5. The molecule has 0 saturated heterocycles. The third kappa shape index (κ3) is 4.50. The number of ketones is 1. The minimum absolute atomic E-state index is 0.0231. The van der Waals surface area contributed by atoms with Gasteiger partial charge in [0, 0.05) is 23.7 Å². The number of nitrogens with zero attached hydrogens (tertiary/aromatic N) is 1. The lowest BCUT2D eigenvalue weighted by atomic mass is 9.89. The second-order valence-corrected chi connectivity index (χ2v) is 7.06. The van der Waals surface area contributed by atoms with Crippen LogP contribution in [0.15, 0.2) is 42.5 Å². The molecule has 0 aliphatic rings. The van der Waals surface area contributed by atoms with E-state index in [-0.39, 0.29) is 18.3 Å². The van der Waals surface area contributed by atoms with Gasteiger partial charge in [-0.2, -0.15) is 0 Å². The fourth-order valence-corrected chi connectivity index (χ4v) is 3.49. The highest BCUT2D eigenvalue weighted by Gasteiger charge is 2.32. The van der Waals surface area contributed by atoms with Gasteiger partial charge in [0.15, 0.2) is 0 Å². The lowest BCUT2D eigenvalue weighted by Crippen LogP contribution is -2.29. The van der Waals surface area contributed by atoms with Gasteiger partial charge in [-0.3, -0.25) is 4.79 Å². The molecule has 0 saturated carbocycles. The zero-order valence-corrected chi connectivity index (χ0v) is 17.0. The van der Waals surface area contributed by atoms with Gasteiger partial charge in [-0.05, 0) is 30.5 Å². The molecule has 2 rings (SSSR count). The Balaban J connectivity index is 2.60. The fourth-order valence-electron chi connectivity index (χ4n) is 3.49. The van der Waals surface area contributed by atoms with Gasteiger partial charge in [-0.1, -0.05) is 44.2 Å². The number of Topliss-reactive ketones (excluding diaryl/α,β-unsaturated/α-hetero) is 1. The van der Waals surface area contributed by atoms with E-state index in [4.69, 9.17) is 4.74 Å². The Labute approximate surface area is 165 Å². The Bertz CT molecular complexity index is 838. The SMILES string of the molecule is COC(=O)C(=O)C[C@@H](c1ccccc1)c1ccc(C)n1[C@@H](C(=O)OC)C(C)C. The van der Waals surface area contributed by atoms with Crippen molar-refractivity contribution in [3.8, 4) is 0 Å². The summed E-state index contributed by atoms with van der Waals surface area (Å²) in [7, 11) is 2.56. The van der Waals surface area contributed by atoms with E-state index < -0.39 is 23.7 Å². The number of methoxy groups -OCH3 is 2. The molecule has 6 heteroatoms.